The number of rotatable bonds is 10. The maximum Gasteiger partial charge on any atom is 0.408 e. The van der Waals surface area contributed by atoms with E-state index < -0.39 is 53.8 Å². The van der Waals surface area contributed by atoms with Crippen LogP contribution in [-0.2, 0) is 35.3 Å². The average molecular weight is 435 g/mol. The minimum absolute atomic E-state index is 0.0135. The van der Waals surface area contributed by atoms with Gasteiger partial charge in [-0.2, -0.15) is 0 Å². The lowest BCUT2D eigenvalue weighted by atomic mass is 9.89. The van der Waals surface area contributed by atoms with Crippen molar-refractivity contribution in [3.8, 4) is 0 Å². The van der Waals surface area contributed by atoms with Crippen LogP contribution in [0, 0.1) is 0 Å². The minimum Gasteiger partial charge on any atom is -0.445 e. The zero-order chi connectivity index (χ0) is 23.1. The SMILES string of the molecule is CNC(=O)CC(CC(=O)NC1(OC)CNC1=O)(NC(=O)OCc1ccccc1)C(N)=O. The summed E-state index contributed by atoms with van der Waals surface area (Å²) in [6, 6.07) is 8.74. The van der Waals surface area contributed by atoms with Gasteiger partial charge in [-0.1, -0.05) is 30.3 Å². The van der Waals surface area contributed by atoms with Crippen molar-refractivity contribution in [3.05, 3.63) is 35.9 Å². The van der Waals surface area contributed by atoms with Gasteiger partial charge in [-0.15, -0.1) is 0 Å². The van der Waals surface area contributed by atoms with Crippen molar-refractivity contribution < 1.29 is 33.4 Å². The molecule has 31 heavy (non-hydrogen) atoms. The maximum absolute atomic E-state index is 12.6. The van der Waals surface area contributed by atoms with E-state index in [1.165, 1.54) is 14.2 Å². The highest BCUT2D eigenvalue weighted by molar-refractivity contribution is 6.00. The van der Waals surface area contributed by atoms with E-state index in [0.717, 1.165) is 0 Å². The van der Waals surface area contributed by atoms with Crippen molar-refractivity contribution >= 4 is 29.7 Å². The van der Waals surface area contributed by atoms with Crippen LogP contribution in [0.25, 0.3) is 0 Å². The van der Waals surface area contributed by atoms with Crippen LogP contribution < -0.4 is 27.0 Å². The van der Waals surface area contributed by atoms with E-state index in [1.54, 1.807) is 30.3 Å². The number of nitrogens with two attached hydrogens (primary N) is 1. The first-order valence-corrected chi connectivity index (χ1v) is 9.30. The number of amides is 5. The molecule has 1 heterocycles. The molecule has 1 aliphatic heterocycles. The smallest absolute Gasteiger partial charge is 0.408 e. The largest absolute Gasteiger partial charge is 0.445 e. The van der Waals surface area contributed by atoms with Gasteiger partial charge in [-0.05, 0) is 5.56 Å². The van der Waals surface area contributed by atoms with Crippen LogP contribution in [0.4, 0.5) is 4.79 Å². The Kier molecular flexibility index (Phi) is 7.53. The molecule has 0 radical (unpaired) electrons. The lowest BCUT2D eigenvalue weighted by Crippen LogP contribution is -2.74. The normalized spacial score (nSPS) is 19.1. The third-order valence-electron chi connectivity index (χ3n) is 4.78. The van der Waals surface area contributed by atoms with Gasteiger partial charge in [0, 0.05) is 14.2 Å². The molecule has 6 N–H and O–H groups in total. The number of primary amides is 1. The van der Waals surface area contributed by atoms with E-state index in [0.29, 0.717) is 5.56 Å². The van der Waals surface area contributed by atoms with E-state index in [9.17, 15) is 24.0 Å². The van der Waals surface area contributed by atoms with Crippen molar-refractivity contribution in [3.63, 3.8) is 0 Å². The second-order valence-corrected chi connectivity index (χ2v) is 6.92. The van der Waals surface area contributed by atoms with Gasteiger partial charge < -0.3 is 36.5 Å². The third-order valence-corrected chi connectivity index (χ3v) is 4.78. The van der Waals surface area contributed by atoms with Crippen LogP contribution in [0.3, 0.4) is 0 Å². The van der Waals surface area contributed by atoms with Gasteiger partial charge in [0.15, 0.2) is 0 Å². The van der Waals surface area contributed by atoms with E-state index in [-0.39, 0.29) is 13.2 Å². The lowest BCUT2D eigenvalue weighted by Gasteiger charge is -2.40. The van der Waals surface area contributed by atoms with Crippen LogP contribution >= 0.6 is 0 Å². The number of methoxy groups -OCH3 is 1. The molecule has 1 fully saturated rings. The molecule has 1 saturated heterocycles. The number of hydrogen-bond acceptors (Lipinski definition) is 7. The molecule has 0 aliphatic carbocycles. The zero-order valence-electron chi connectivity index (χ0n) is 17.2. The predicted octanol–water partition coefficient (Wildman–Crippen LogP) is -1.75. The number of carbonyl (C=O) groups is 5. The van der Waals surface area contributed by atoms with Crippen molar-refractivity contribution in [1.29, 1.82) is 0 Å². The second kappa shape index (κ2) is 9.89. The number of β-lactam (4-membered cyclic amide) rings is 1. The average Bonchev–Trinajstić information content (AvgIpc) is 2.75. The molecule has 2 atom stereocenters. The Morgan fingerprint density at radius 3 is 2.29 bits per heavy atom. The Balaban J connectivity index is 2.16. The first-order valence-electron chi connectivity index (χ1n) is 9.30. The molecule has 0 bridgehead atoms. The van der Waals surface area contributed by atoms with Crippen molar-refractivity contribution in [2.45, 2.75) is 30.7 Å². The fourth-order valence-electron chi connectivity index (χ4n) is 2.89. The molecule has 12 heteroatoms. The van der Waals surface area contributed by atoms with Crippen molar-refractivity contribution in [1.82, 2.24) is 21.3 Å². The quantitative estimate of drug-likeness (QED) is 0.214. The molecule has 2 rings (SSSR count). The molecule has 1 aromatic rings. The maximum atomic E-state index is 12.6. The molecule has 1 aliphatic rings. The molecular weight excluding hydrogens is 410 g/mol. The zero-order valence-corrected chi connectivity index (χ0v) is 17.2. The summed E-state index contributed by atoms with van der Waals surface area (Å²) < 4.78 is 10.1. The van der Waals surface area contributed by atoms with E-state index in [2.05, 4.69) is 21.3 Å². The summed E-state index contributed by atoms with van der Waals surface area (Å²) in [6.07, 6.45) is -2.41. The number of ether oxygens (including phenoxy) is 2. The highest BCUT2D eigenvalue weighted by Gasteiger charge is 2.50. The Labute approximate surface area is 178 Å². The summed E-state index contributed by atoms with van der Waals surface area (Å²) in [5, 5.41) is 9.34. The summed E-state index contributed by atoms with van der Waals surface area (Å²) in [4.78, 5) is 61.0. The van der Waals surface area contributed by atoms with E-state index in [4.69, 9.17) is 15.2 Å². The summed E-state index contributed by atoms with van der Waals surface area (Å²) in [5.74, 6) is -3.21. The highest BCUT2D eigenvalue weighted by atomic mass is 16.5. The molecule has 168 valence electrons. The van der Waals surface area contributed by atoms with Crippen LogP contribution in [0.5, 0.6) is 0 Å². The molecular formula is C19H25N5O7. The minimum atomic E-state index is -2.10. The van der Waals surface area contributed by atoms with Gasteiger partial charge in [0.25, 0.3) is 5.91 Å². The van der Waals surface area contributed by atoms with Crippen molar-refractivity contribution in [2.75, 3.05) is 20.7 Å². The molecule has 0 saturated carbocycles. The summed E-state index contributed by atoms with van der Waals surface area (Å²) in [5.41, 5.74) is 2.45. The van der Waals surface area contributed by atoms with Crippen LogP contribution in [0.2, 0.25) is 0 Å². The topological polar surface area (TPSA) is 178 Å². The third kappa shape index (κ3) is 5.69. The monoisotopic (exact) mass is 435 g/mol. The molecule has 0 aromatic heterocycles. The van der Waals surface area contributed by atoms with Crippen LogP contribution in [-0.4, -0.2) is 61.7 Å². The van der Waals surface area contributed by atoms with Gasteiger partial charge >= 0.3 is 6.09 Å². The molecule has 5 amide bonds. The number of alkyl carbamates (subject to hydrolysis) is 1. The van der Waals surface area contributed by atoms with Gasteiger partial charge in [0.1, 0.15) is 12.1 Å². The molecule has 1 aromatic carbocycles. The fourth-order valence-corrected chi connectivity index (χ4v) is 2.89. The summed E-state index contributed by atoms with van der Waals surface area (Å²) in [7, 11) is 2.55. The van der Waals surface area contributed by atoms with Crippen LogP contribution in [0.15, 0.2) is 30.3 Å². The predicted molar refractivity (Wildman–Crippen MR) is 106 cm³/mol. The summed E-state index contributed by atoms with van der Waals surface area (Å²) >= 11 is 0. The lowest BCUT2D eigenvalue weighted by molar-refractivity contribution is -0.167. The van der Waals surface area contributed by atoms with Gasteiger partial charge in [-0.25, -0.2) is 4.79 Å². The van der Waals surface area contributed by atoms with E-state index >= 15 is 0 Å². The summed E-state index contributed by atoms with van der Waals surface area (Å²) in [6.45, 7) is -0.0969. The van der Waals surface area contributed by atoms with Crippen molar-refractivity contribution in [2.24, 2.45) is 5.73 Å². The Morgan fingerprint density at radius 2 is 1.81 bits per heavy atom. The first-order chi connectivity index (χ1) is 14.7. The molecule has 0 spiro atoms. The number of hydrogen-bond donors (Lipinski definition) is 5. The Hall–Kier alpha value is -3.67. The Morgan fingerprint density at radius 1 is 1.16 bits per heavy atom. The van der Waals surface area contributed by atoms with Gasteiger partial charge in [0.05, 0.1) is 19.4 Å². The van der Waals surface area contributed by atoms with Gasteiger partial charge in [-0.3, -0.25) is 19.2 Å². The number of carbonyl (C=O) groups excluding carboxylic acids is 5. The first kappa shape index (κ1) is 23.6. The van der Waals surface area contributed by atoms with E-state index in [1.807, 2.05) is 0 Å². The highest BCUT2D eigenvalue weighted by Crippen LogP contribution is 2.20. The number of nitrogens with one attached hydrogen (secondary N) is 4. The molecule has 12 nitrogen and oxygen atoms in total. The fraction of sp³-hybridized carbons (Fsp3) is 0.421. The van der Waals surface area contributed by atoms with Crippen LogP contribution in [0.1, 0.15) is 18.4 Å². The Bertz CT molecular complexity index is 858. The number of benzene rings is 1. The standard InChI is InChI=1S/C19H25N5O7/c1-21-13(25)8-18(15(20)27,9-14(26)23-19(30-2)11-22-16(19)28)24-17(29)31-10-12-6-4-3-5-7-12/h3-7H,8-11H2,1-2H3,(H2,20,27)(H,21,25)(H,22,28)(H,23,26)(H,24,29). The molecule has 2 unspecified atom stereocenters. The van der Waals surface area contributed by atoms with Gasteiger partial charge in [0.2, 0.25) is 23.4 Å². The second-order valence-electron chi connectivity index (χ2n) is 6.92.